The lowest BCUT2D eigenvalue weighted by Gasteiger charge is -2.34. The maximum absolute atomic E-state index is 9.09. The number of benzene rings is 1. The van der Waals surface area contributed by atoms with E-state index in [2.05, 4.69) is 65.1 Å². The van der Waals surface area contributed by atoms with Crippen LogP contribution < -0.4 is 5.32 Å². The molecule has 0 aromatic heterocycles. The van der Waals surface area contributed by atoms with E-state index < -0.39 is 0 Å². The molecule has 2 N–H and O–H groups in total. The second kappa shape index (κ2) is 6.06. The molecule has 1 aromatic rings. The minimum atomic E-state index is -0.0241. The first kappa shape index (κ1) is 16.2. The highest BCUT2D eigenvalue weighted by Crippen LogP contribution is 2.27. The van der Waals surface area contributed by atoms with Crippen LogP contribution in [0, 0.1) is 13.8 Å². The molecule has 108 valence electrons. The van der Waals surface area contributed by atoms with Gasteiger partial charge in [-0.3, -0.25) is 0 Å². The Labute approximate surface area is 118 Å². The molecule has 2 nitrogen and oxygen atoms in total. The molecular weight excluding hydrogens is 234 g/mol. The zero-order chi connectivity index (χ0) is 14.7. The van der Waals surface area contributed by atoms with Crippen LogP contribution in [0.4, 0.5) is 0 Å². The topological polar surface area (TPSA) is 32.3 Å². The van der Waals surface area contributed by atoms with Crippen LogP contribution in [0.5, 0.6) is 0 Å². The molecule has 0 aliphatic carbocycles. The number of nitrogens with one attached hydrogen (secondary N) is 1. The van der Waals surface area contributed by atoms with Gasteiger partial charge in [-0.15, -0.1) is 0 Å². The van der Waals surface area contributed by atoms with E-state index in [4.69, 9.17) is 5.11 Å². The third-order valence-corrected chi connectivity index (χ3v) is 3.87. The van der Waals surface area contributed by atoms with Crippen molar-refractivity contribution in [2.45, 2.75) is 58.9 Å². The van der Waals surface area contributed by atoms with Gasteiger partial charge >= 0.3 is 0 Å². The molecule has 2 heteroatoms. The zero-order valence-electron chi connectivity index (χ0n) is 13.3. The fraction of sp³-hybridized carbons (Fsp3) is 0.647. The Kier molecular flexibility index (Phi) is 5.17. The van der Waals surface area contributed by atoms with E-state index in [-0.39, 0.29) is 17.6 Å². The summed E-state index contributed by atoms with van der Waals surface area (Å²) in [7, 11) is 0. The van der Waals surface area contributed by atoms with Crippen molar-refractivity contribution < 1.29 is 5.11 Å². The van der Waals surface area contributed by atoms with Crippen molar-refractivity contribution in [2.75, 3.05) is 13.2 Å². The van der Waals surface area contributed by atoms with Crippen LogP contribution in [-0.4, -0.2) is 23.8 Å². The summed E-state index contributed by atoms with van der Waals surface area (Å²) in [6.45, 7) is 14.3. The van der Waals surface area contributed by atoms with Crippen LogP contribution in [0.1, 0.15) is 50.8 Å². The van der Waals surface area contributed by atoms with Crippen LogP contribution in [0.15, 0.2) is 18.2 Å². The largest absolute Gasteiger partial charge is 0.396 e. The van der Waals surface area contributed by atoms with Gasteiger partial charge in [-0.05, 0) is 45.2 Å². The van der Waals surface area contributed by atoms with Crippen molar-refractivity contribution in [2.24, 2.45) is 0 Å². The summed E-state index contributed by atoms with van der Waals surface area (Å²) in [6.07, 6.45) is 0.774. The van der Waals surface area contributed by atoms with E-state index in [9.17, 15) is 0 Å². The van der Waals surface area contributed by atoms with E-state index in [0.717, 1.165) is 13.0 Å². The summed E-state index contributed by atoms with van der Waals surface area (Å²) in [5.41, 5.74) is 4.12. The Balaban J connectivity index is 2.83. The lowest BCUT2D eigenvalue weighted by Crippen LogP contribution is -2.46. The molecule has 0 heterocycles. The number of hydrogen-bond donors (Lipinski definition) is 2. The average Bonchev–Trinajstić information content (AvgIpc) is 2.30. The Morgan fingerprint density at radius 1 is 1.11 bits per heavy atom. The molecule has 1 aromatic carbocycles. The maximum Gasteiger partial charge on any atom is 0.0448 e. The molecule has 0 unspecified atom stereocenters. The summed E-state index contributed by atoms with van der Waals surface area (Å²) in [6, 6.07) is 6.65. The van der Waals surface area contributed by atoms with Gasteiger partial charge in [-0.25, -0.2) is 0 Å². The first-order valence-electron chi connectivity index (χ1n) is 7.11. The second-order valence-electron chi connectivity index (χ2n) is 6.91. The monoisotopic (exact) mass is 263 g/mol. The van der Waals surface area contributed by atoms with Gasteiger partial charge < -0.3 is 10.4 Å². The molecule has 0 radical (unpaired) electrons. The van der Waals surface area contributed by atoms with E-state index in [1.807, 2.05) is 0 Å². The van der Waals surface area contributed by atoms with Crippen molar-refractivity contribution in [1.29, 1.82) is 0 Å². The van der Waals surface area contributed by atoms with Crippen molar-refractivity contribution in [3.63, 3.8) is 0 Å². The van der Waals surface area contributed by atoms with Crippen LogP contribution in [0.25, 0.3) is 0 Å². The van der Waals surface area contributed by atoms with E-state index in [0.29, 0.717) is 0 Å². The fourth-order valence-electron chi connectivity index (χ4n) is 2.39. The molecular formula is C17H29NO. The van der Waals surface area contributed by atoms with E-state index in [1.165, 1.54) is 16.7 Å². The Morgan fingerprint density at radius 3 is 2.32 bits per heavy atom. The summed E-state index contributed by atoms with van der Waals surface area (Å²) in [5, 5.41) is 12.7. The predicted molar refractivity (Wildman–Crippen MR) is 82.7 cm³/mol. The van der Waals surface area contributed by atoms with Crippen LogP contribution in [0.3, 0.4) is 0 Å². The van der Waals surface area contributed by atoms with Crippen LogP contribution in [0.2, 0.25) is 0 Å². The molecule has 0 saturated heterocycles. The standard InChI is InChI=1S/C17H29NO/c1-13-7-8-14(2)15(11-13)16(3,4)12-18-17(5,6)9-10-19/h7-8,11,18-19H,9-10,12H2,1-6H3. The summed E-state index contributed by atoms with van der Waals surface area (Å²) >= 11 is 0. The molecule has 19 heavy (non-hydrogen) atoms. The van der Waals surface area contributed by atoms with Gasteiger partial charge in [0.1, 0.15) is 0 Å². The van der Waals surface area contributed by atoms with E-state index >= 15 is 0 Å². The molecule has 0 saturated carbocycles. The first-order chi connectivity index (χ1) is 8.68. The zero-order valence-corrected chi connectivity index (χ0v) is 13.3. The summed E-state index contributed by atoms with van der Waals surface area (Å²) in [5.74, 6) is 0. The highest BCUT2D eigenvalue weighted by Gasteiger charge is 2.26. The molecule has 0 aliphatic rings. The normalized spacial score (nSPS) is 12.8. The smallest absolute Gasteiger partial charge is 0.0448 e. The lowest BCUT2D eigenvalue weighted by molar-refractivity contribution is 0.223. The quantitative estimate of drug-likeness (QED) is 0.825. The van der Waals surface area contributed by atoms with Gasteiger partial charge in [0.15, 0.2) is 0 Å². The minimum Gasteiger partial charge on any atom is -0.396 e. The molecule has 0 fully saturated rings. The SMILES string of the molecule is Cc1ccc(C)c(C(C)(C)CNC(C)(C)CCO)c1. The van der Waals surface area contributed by atoms with Gasteiger partial charge in [-0.1, -0.05) is 37.6 Å². The van der Waals surface area contributed by atoms with Crippen LogP contribution >= 0.6 is 0 Å². The Hall–Kier alpha value is -0.860. The molecule has 0 aliphatic heterocycles. The minimum absolute atomic E-state index is 0.0241. The van der Waals surface area contributed by atoms with E-state index in [1.54, 1.807) is 0 Å². The maximum atomic E-state index is 9.09. The van der Waals surface area contributed by atoms with Gasteiger partial charge in [0, 0.05) is 24.1 Å². The Morgan fingerprint density at radius 2 is 1.74 bits per heavy atom. The summed E-state index contributed by atoms with van der Waals surface area (Å²) < 4.78 is 0. The molecule has 0 amide bonds. The third-order valence-electron chi connectivity index (χ3n) is 3.87. The first-order valence-corrected chi connectivity index (χ1v) is 7.11. The van der Waals surface area contributed by atoms with Gasteiger partial charge in [0.25, 0.3) is 0 Å². The average molecular weight is 263 g/mol. The van der Waals surface area contributed by atoms with Gasteiger partial charge in [-0.2, -0.15) is 0 Å². The van der Waals surface area contributed by atoms with Gasteiger partial charge in [0.2, 0.25) is 0 Å². The predicted octanol–water partition coefficient (Wildman–Crippen LogP) is 3.33. The lowest BCUT2D eigenvalue weighted by atomic mass is 9.80. The number of aliphatic hydroxyl groups excluding tert-OH is 1. The second-order valence-corrected chi connectivity index (χ2v) is 6.91. The molecule has 1 rings (SSSR count). The highest BCUT2D eigenvalue weighted by atomic mass is 16.3. The van der Waals surface area contributed by atoms with Crippen molar-refractivity contribution >= 4 is 0 Å². The number of rotatable bonds is 6. The van der Waals surface area contributed by atoms with Crippen LogP contribution in [-0.2, 0) is 5.41 Å². The highest BCUT2D eigenvalue weighted by molar-refractivity contribution is 5.36. The van der Waals surface area contributed by atoms with Crippen molar-refractivity contribution in [3.8, 4) is 0 Å². The summed E-state index contributed by atoms with van der Waals surface area (Å²) in [4.78, 5) is 0. The number of aryl methyl sites for hydroxylation is 2. The van der Waals surface area contributed by atoms with Crippen molar-refractivity contribution in [1.82, 2.24) is 5.32 Å². The Bertz CT molecular complexity index is 421. The third kappa shape index (κ3) is 4.63. The molecule has 0 bridgehead atoms. The molecule has 0 atom stereocenters. The van der Waals surface area contributed by atoms with Crippen molar-refractivity contribution in [3.05, 3.63) is 34.9 Å². The molecule has 0 spiro atoms. The fourth-order valence-corrected chi connectivity index (χ4v) is 2.39. The number of hydrogen-bond acceptors (Lipinski definition) is 2. The van der Waals surface area contributed by atoms with Gasteiger partial charge in [0.05, 0.1) is 0 Å². The number of aliphatic hydroxyl groups is 1.